The Bertz CT molecular complexity index is 537. The van der Waals surface area contributed by atoms with E-state index in [0.717, 1.165) is 0 Å². The van der Waals surface area contributed by atoms with Crippen LogP contribution in [0.1, 0.15) is 47.5 Å². The summed E-state index contributed by atoms with van der Waals surface area (Å²) in [6.45, 7) is 9.30. The van der Waals surface area contributed by atoms with Gasteiger partial charge in [-0.25, -0.2) is 13.2 Å². The van der Waals surface area contributed by atoms with E-state index in [4.69, 9.17) is 4.74 Å². The molecule has 1 saturated heterocycles. The van der Waals surface area contributed by atoms with Gasteiger partial charge in [-0.1, -0.05) is 0 Å². The first-order chi connectivity index (χ1) is 10.4. The van der Waals surface area contributed by atoms with E-state index in [1.807, 2.05) is 13.8 Å². The Morgan fingerprint density at radius 2 is 1.91 bits per heavy atom. The maximum atomic E-state index is 12.1. The molecule has 134 valence electrons. The molecule has 23 heavy (non-hydrogen) atoms. The van der Waals surface area contributed by atoms with Crippen molar-refractivity contribution in [1.29, 1.82) is 0 Å². The van der Waals surface area contributed by atoms with Crippen molar-refractivity contribution < 1.29 is 22.7 Å². The summed E-state index contributed by atoms with van der Waals surface area (Å²) in [6.07, 6.45) is 0.117. The number of hydrogen-bond donors (Lipinski definition) is 1. The van der Waals surface area contributed by atoms with Crippen LogP contribution < -0.4 is 5.32 Å². The van der Waals surface area contributed by atoms with E-state index in [2.05, 4.69) is 5.32 Å². The monoisotopic (exact) mass is 348 g/mol. The van der Waals surface area contributed by atoms with Crippen molar-refractivity contribution in [2.75, 3.05) is 18.1 Å². The number of nitrogens with zero attached hydrogens (tertiary/aromatic N) is 1. The molecule has 0 unspecified atom stereocenters. The van der Waals surface area contributed by atoms with Crippen LogP contribution in [-0.4, -0.2) is 61.1 Å². The largest absolute Gasteiger partial charge is 0.444 e. The molecule has 1 rings (SSSR count). The Hall–Kier alpha value is -1.31. The summed E-state index contributed by atoms with van der Waals surface area (Å²) in [5, 5.41) is 2.72. The molecule has 0 bridgehead atoms. The second-order valence-corrected chi connectivity index (χ2v) is 9.41. The average molecular weight is 348 g/mol. The first-order valence-corrected chi connectivity index (χ1v) is 9.71. The van der Waals surface area contributed by atoms with Crippen LogP contribution in [0.25, 0.3) is 0 Å². The van der Waals surface area contributed by atoms with E-state index in [1.54, 1.807) is 20.8 Å². The highest BCUT2D eigenvalue weighted by molar-refractivity contribution is 7.91. The van der Waals surface area contributed by atoms with E-state index in [0.29, 0.717) is 6.42 Å². The fourth-order valence-corrected chi connectivity index (χ4v) is 3.98. The molecule has 0 saturated carbocycles. The zero-order valence-electron chi connectivity index (χ0n) is 14.6. The number of carbonyl (C=O) groups excluding carboxylic acids is 2. The lowest BCUT2D eigenvalue weighted by molar-refractivity contribution is -0.121. The van der Waals surface area contributed by atoms with Gasteiger partial charge >= 0.3 is 6.09 Å². The minimum Gasteiger partial charge on any atom is -0.444 e. The topological polar surface area (TPSA) is 92.8 Å². The molecule has 2 amide bonds. The third-order valence-corrected chi connectivity index (χ3v) is 5.20. The molecule has 7 nitrogen and oxygen atoms in total. The van der Waals surface area contributed by atoms with Crippen molar-refractivity contribution in [1.82, 2.24) is 10.2 Å². The Kier molecular flexibility index (Phi) is 6.44. The van der Waals surface area contributed by atoms with E-state index in [9.17, 15) is 18.0 Å². The zero-order chi connectivity index (χ0) is 17.8. The van der Waals surface area contributed by atoms with Gasteiger partial charge in [-0.3, -0.25) is 4.79 Å². The molecule has 1 aliphatic rings. The van der Waals surface area contributed by atoms with E-state index in [1.165, 1.54) is 4.90 Å². The van der Waals surface area contributed by atoms with Crippen molar-refractivity contribution in [2.24, 2.45) is 0 Å². The molecule has 1 N–H and O–H groups in total. The molecule has 1 atom stereocenters. The van der Waals surface area contributed by atoms with Gasteiger partial charge in [0.05, 0.1) is 11.5 Å². The quantitative estimate of drug-likeness (QED) is 0.809. The molecular weight excluding hydrogens is 320 g/mol. The van der Waals surface area contributed by atoms with Gasteiger partial charge < -0.3 is 15.0 Å². The molecule has 8 heteroatoms. The minimum atomic E-state index is -3.02. The van der Waals surface area contributed by atoms with Crippen LogP contribution in [0.3, 0.4) is 0 Å². The molecular formula is C15H28N2O5S. The highest BCUT2D eigenvalue weighted by atomic mass is 32.2. The molecule has 0 aromatic carbocycles. The van der Waals surface area contributed by atoms with Crippen LogP contribution in [0.5, 0.6) is 0 Å². The van der Waals surface area contributed by atoms with E-state index < -0.39 is 21.5 Å². The van der Waals surface area contributed by atoms with Gasteiger partial charge in [0.2, 0.25) is 5.91 Å². The maximum Gasteiger partial charge on any atom is 0.410 e. The average Bonchev–Trinajstić information content (AvgIpc) is 2.65. The van der Waals surface area contributed by atoms with Crippen LogP contribution in [0, 0.1) is 0 Å². The van der Waals surface area contributed by atoms with Gasteiger partial charge in [-0.2, -0.15) is 0 Å². The van der Waals surface area contributed by atoms with Crippen LogP contribution in [0.2, 0.25) is 0 Å². The fraction of sp³-hybridized carbons (Fsp3) is 0.867. The third-order valence-electron chi connectivity index (χ3n) is 3.43. The number of amides is 2. The normalized spacial score (nSPS) is 20.3. The molecule has 0 aliphatic carbocycles. The highest BCUT2D eigenvalue weighted by Crippen LogP contribution is 2.13. The van der Waals surface area contributed by atoms with Crippen molar-refractivity contribution in [2.45, 2.75) is 65.1 Å². The van der Waals surface area contributed by atoms with Crippen molar-refractivity contribution in [3.63, 3.8) is 0 Å². The predicted octanol–water partition coefficient (Wildman–Crippen LogP) is 1.33. The third kappa shape index (κ3) is 7.20. The van der Waals surface area contributed by atoms with Crippen molar-refractivity contribution in [3.05, 3.63) is 0 Å². The summed E-state index contributed by atoms with van der Waals surface area (Å²) in [7, 11) is -3.02. The van der Waals surface area contributed by atoms with Crippen LogP contribution in [0.15, 0.2) is 0 Å². The van der Waals surface area contributed by atoms with Gasteiger partial charge in [0.1, 0.15) is 5.60 Å². The first kappa shape index (κ1) is 19.7. The van der Waals surface area contributed by atoms with Crippen LogP contribution in [-0.2, 0) is 19.4 Å². The zero-order valence-corrected chi connectivity index (χ0v) is 15.4. The smallest absolute Gasteiger partial charge is 0.410 e. The Labute approximate surface area is 138 Å². The SMILES string of the molecule is CC(C)N(CCC(=O)N[C@H]1CCS(=O)(=O)C1)C(=O)OC(C)(C)C. The summed E-state index contributed by atoms with van der Waals surface area (Å²) in [5.74, 6) is -0.131. The van der Waals surface area contributed by atoms with Crippen LogP contribution in [0.4, 0.5) is 4.79 Å². The van der Waals surface area contributed by atoms with Gasteiger partial charge in [-0.15, -0.1) is 0 Å². The second kappa shape index (κ2) is 7.51. The molecule has 1 heterocycles. The first-order valence-electron chi connectivity index (χ1n) is 7.89. The molecule has 0 aromatic rings. The lowest BCUT2D eigenvalue weighted by atomic mass is 10.2. The van der Waals surface area contributed by atoms with Crippen molar-refractivity contribution in [3.8, 4) is 0 Å². The van der Waals surface area contributed by atoms with Gasteiger partial charge in [-0.05, 0) is 41.0 Å². The molecule has 0 radical (unpaired) electrons. The number of carbonyl (C=O) groups is 2. The number of sulfone groups is 1. The predicted molar refractivity (Wildman–Crippen MR) is 87.9 cm³/mol. The number of ether oxygens (including phenoxy) is 1. The lowest BCUT2D eigenvalue weighted by Gasteiger charge is -2.30. The van der Waals surface area contributed by atoms with E-state index >= 15 is 0 Å². The Morgan fingerprint density at radius 1 is 1.30 bits per heavy atom. The number of nitrogens with one attached hydrogen (secondary N) is 1. The number of rotatable bonds is 5. The number of hydrogen-bond acceptors (Lipinski definition) is 5. The summed E-state index contributed by atoms with van der Waals surface area (Å²) >= 11 is 0. The lowest BCUT2D eigenvalue weighted by Crippen LogP contribution is -2.43. The van der Waals surface area contributed by atoms with Crippen LogP contribution >= 0.6 is 0 Å². The highest BCUT2D eigenvalue weighted by Gasteiger charge is 2.29. The summed E-state index contributed by atoms with van der Waals surface area (Å²) in [4.78, 5) is 25.6. The molecule has 1 fully saturated rings. The van der Waals surface area contributed by atoms with Gasteiger partial charge in [0.25, 0.3) is 0 Å². The molecule has 0 aromatic heterocycles. The van der Waals surface area contributed by atoms with Gasteiger partial charge in [0, 0.05) is 25.0 Å². The standard InChI is InChI=1S/C15H28N2O5S/c1-11(2)17(14(19)22-15(3,4)5)8-6-13(18)16-12-7-9-23(20,21)10-12/h11-12H,6-10H2,1-5H3,(H,16,18)/t12-/m0/s1. The van der Waals surface area contributed by atoms with Gasteiger partial charge in [0.15, 0.2) is 9.84 Å². The Morgan fingerprint density at radius 3 is 2.35 bits per heavy atom. The second-order valence-electron chi connectivity index (χ2n) is 7.18. The molecule has 1 aliphatic heterocycles. The van der Waals surface area contributed by atoms with Crippen molar-refractivity contribution >= 4 is 21.8 Å². The Balaban J connectivity index is 2.49. The summed E-state index contributed by atoms with van der Waals surface area (Å²) in [5.41, 5.74) is -0.593. The summed E-state index contributed by atoms with van der Waals surface area (Å²) < 4.78 is 28.1. The fourth-order valence-electron chi connectivity index (χ4n) is 2.31. The minimum absolute atomic E-state index is 0.00129. The molecule has 0 spiro atoms. The maximum absolute atomic E-state index is 12.1. The summed E-state index contributed by atoms with van der Waals surface area (Å²) in [6, 6.07) is -0.411. The van der Waals surface area contributed by atoms with E-state index in [-0.39, 0.29) is 42.5 Å².